The summed E-state index contributed by atoms with van der Waals surface area (Å²) in [6.07, 6.45) is 8.38. The van der Waals surface area contributed by atoms with Crippen molar-refractivity contribution in [1.29, 1.82) is 0 Å². The molecule has 122 valence electrons. The van der Waals surface area contributed by atoms with Crippen molar-refractivity contribution in [3.8, 4) is 0 Å². The normalized spacial score (nSPS) is 18.8. The average molecular weight is 315 g/mol. The molecule has 3 rings (SSSR count). The van der Waals surface area contributed by atoms with Crippen molar-refractivity contribution in [3.05, 3.63) is 36.3 Å². The van der Waals surface area contributed by atoms with E-state index in [1.165, 1.54) is 0 Å². The molecule has 1 fully saturated rings. The first kappa shape index (κ1) is 15.6. The van der Waals surface area contributed by atoms with E-state index in [2.05, 4.69) is 20.3 Å². The molecular formula is C16H21N5O2. The molecule has 7 heteroatoms. The van der Waals surface area contributed by atoms with Crippen molar-refractivity contribution in [1.82, 2.24) is 19.5 Å². The lowest BCUT2D eigenvalue weighted by Crippen LogP contribution is -2.18. The number of anilines is 1. The highest BCUT2D eigenvalue weighted by Crippen LogP contribution is 2.18. The number of aromatic nitrogens is 4. The molecule has 1 unspecified atom stereocenters. The van der Waals surface area contributed by atoms with Crippen LogP contribution < -0.4 is 5.32 Å². The fourth-order valence-electron chi connectivity index (χ4n) is 2.76. The third-order valence-electron chi connectivity index (χ3n) is 4.14. The number of rotatable bonds is 5. The quantitative estimate of drug-likeness (QED) is 0.912. The Kier molecular flexibility index (Phi) is 4.66. The minimum absolute atomic E-state index is 0.0407. The molecule has 0 bridgehead atoms. The molecule has 23 heavy (non-hydrogen) atoms. The van der Waals surface area contributed by atoms with Crippen LogP contribution in [0.2, 0.25) is 0 Å². The summed E-state index contributed by atoms with van der Waals surface area (Å²) in [5.41, 5.74) is 0.827. The van der Waals surface area contributed by atoms with E-state index in [9.17, 15) is 4.79 Å². The van der Waals surface area contributed by atoms with Gasteiger partial charge in [0.05, 0.1) is 24.1 Å². The number of ether oxygens (including phenoxy) is 1. The van der Waals surface area contributed by atoms with E-state index >= 15 is 0 Å². The van der Waals surface area contributed by atoms with Crippen LogP contribution in [0.1, 0.15) is 37.3 Å². The zero-order chi connectivity index (χ0) is 16.2. The van der Waals surface area contributed by atoms with Crippen LogP contribution in [-0.2, 0) is 9.53 Å². The summed E-state index contributed by atoms with van der Waals surface area (Å²) in [4.78, 5) is 24.9. The van der Waals surface area contributed by atoms with E-state index in [1.807, 2.05) is 24.6 Å². The summed E-state index contributed by atoms with van der Waals surface area (Å²) in [6, 6.07) is 0.0467. The maximum atomic E-state index is 12.0. The summed E-state index contributed by atoms with van der Waals surface area (Å²) in [5, 5.41) is 2.79. The Morgan fingerprint density at radius 1 is 1.43 bits per heavy atom. The zero-order valence-corrected chi connectivity index (χ0v) is 13.4. The molecule has 2 atom stereocenters. The van der Waals surface area contributed by atoms with E-state index in [-0.39, 0.29) is 11.9 Å². The third-order valence-corrected chi connectivity index (χ3v) is 4.14. The minimum Gasteiger partial charge on any atom is -0.381 e. The lowest BCUT2D eigenvalue weighted by atomic mass is 10.1. The molecule has 1 saturated heterocycles. The van der Waals surface area contributed by atoms with Gasteiger partial charge < -0.3 is 14.6 Å². The lowest BCUT2D eigenvalue weighted by molar-refractivity contribution is -0.117. The van der Waals surface area contributed by atoms with Gasteiger partial charge in [-0.05, 0) is 26.2 Å². The highest BCUT2D eigenvalue weighted by Gasteiger charge is 2.19. The lowest BCUT2D eigenvalue weighted by Gasteiger charge is -2.14. The van der Waals surface area contributed by atoms with Crippen molar-refractivity contribution >= 4 is 11.7 Å². The van der Waals surface area contributed by atoms with Crippen LogP contribution in [0.5, 0.6) is 0 Å². The second-order valence-corrected chi connectivity index (χ2v) is 5.87. The molecule has 0 aromatic carbocycles. The smallest absolute Gasteiger partial charge is 0.225 e. The second-order valence-electron chi connectivity index (χ2n) is 5.87. The van der Waals surface area contributed by atoms with Crippen LogP contribution >= 0.6 is 0 Å². The van der Waals surface area contributed by atoms with Crippen LogP contribution in [0, 0.1) is 12.8 Å². The predicted molar refractivity (Wildman–Crippen MR) is 85.0 cm³/mol. The summed E-state index contributed by atoms with van der Waals surface area (Å²) in [6.45, 7) is 5.40. The Hall–Kier alpha value is -2.28. The van der Waals surface area contributed by atoms with Gasteiger partial charge in [-0.1, -0.05) is 0 Å². The molecule has 3 heterocycles. The minimum atomic E-state index is -0.0407. The molecule has 2 aromatic rings. The third kappa shape index (κ3) is 3.73. The number of carbonyl (C=O) groups excluding carboxylic acids is 1. The van der Waals surface area contributed by atoms with Gasteiger partial charge in [-0.15, -0.1) is 0 Å². The van der Waals surface area contributed by atoms with Crippen LogP contribution in [0.4, 0.5) is 5.82 Å². The van der Waals surface area contributed by atoms with Crippen molar-refractivity contribution in [2.75, 3.05) is 18.5 Å². The topological polar surface area (TPSA) is 81.9 Å². The van der Waals surface area contributed by atoms with Gasteiger partial charge in [-0.2, -0.15) is 0 Å². The summed E-state index contributed by atoms with van der Waals surface area (Å²) in [5.74, 6) is 1.68. The zero-order valence-electron chi connectivity index (χ0n) is 13.4. The molecule has 7 nitrogen and oxygen atoms in total. The van der Waals surface area contributed by atoms with Gasteiger partial charge in [0.2, 0.25) is 5.91 Å². The monoisotopic (exact) mass is 315 g/mol. The molecule has 1 amide bonds. The second kappa shape index (κ2) is 6.87. The van der Waals surface area contributed by atoms with Crippen LogP contribution in [0.3, 0.4) is 0 Å². The molecule has 0 radical (unpaired) electrons. The Balaban J connectivity index is 1.60. The number of amides is 1. The first-order valence-corrected chi connectivity index (χ1v) is 7.82. The largest absolute Gasteiger partial charge is 0.381 e. The van der Waals surface area contributed by atoms with E-state index in [0.29, 0.717) is 24.8 Å². The van der Waals surface area contributed by atoms with E-state index in [1.54, 1.807) is 18.6 Å². The van der Waals surface area contributed by atoms with Gasteiger partial charge in [0, 0.05) is 32.0 Å². The maximum absolute atomic E-state index is 12.0. The van der Waals surface area contributed by atoms with Crippen molar-refractivity contribution in [2.45, 2.75) is 32.7 Å². The highest BCUT2D eigenvalue weighted by atomic mass is 16.5. The fourth-order valence-corrected chi connectivity index (χ4v) is 2.76. The van der Waals surface area contributed by atoms with E-state index in [0.717, 1.165) is 24.5 Å². The van der Waals surface area contributed by atoms with Gasteiger partial charge in [0.1, 0.15) is 5.82 Å². The van der Waals surface area contributed by atoms with Crippen LogP contribution in [0.15, 0.2) is 24.8 Å². The van der Waals surface area contributed by atoms with Gasteiger partial charge >= 0.3 is 0 Å². The standard InChI is InChI=1S/C16H21N5O2/c1-11(21-5-4-17-12(21)2)14-8-19-15(9-18-14)20-16(22)7-13-3-6-23-10-13/h4-5,8-9,11,13H,3,6-7,10H2,1-2H3,(H,19,20,22)/t11-,13?/m0/s1. The number of nitrogens with one attached hydrogen (secondary N) is 1. The number of aryl methyl sites for hydroxylation is 1. The number of carbonyl (C=O) groups is 1. The molecule has 0 aliphatic carbocycles. The molecule has 1 N–H and O–H groups in total. The SMILES string of the molecule is Cc1nccn1[C@@H](C)c1cnc(NC(=O)CC2CCOC2)cn1. The Labute approximate surface area is 135 Å². The van der Waals surface area contributed by atoms with Gasteiger partial charge in [-0.25, -0.2) is 9.97 Å². The number of hydrogen-bond acceptors (Lipinski definition) is 5. The molecule has 0 spiro atoms. The summed E-state index contributed by atoms with van der Waals surface area (Å²) >= 11 is 0. The van der Waals surface area contributed by atoms with E-state index in [4.69, 9.17) is 4.74 Å². The molecule has 1 aliphatic heterocycles. The average Bonchev–Trinajstić information content (AvgIpc) is 3.19. The summed E-state index contributed by atoms with van der Waals surface area (Å²) < 4.78 is 7.31. The summed E-state index contributed by atoms with van der Waals surface area (Å²) in [7, 11) is 0. The predicted octanol–water partition coefficient (Wildman–Crippen LogP) is 1.96. The molecule has 2 aromatic heterocycles. The van der Waals surface area contributed by atoms with Gasteiger partial charge in [0.25, 0.3) is 0 Å². The Morgan fingerprint density at radius 2 is 2.30 bits per heavy atom. The number of imidazole rings is 1. The highest BCUT2D eigenvalue weighted by molar-refractivity contribution is 5.89. The van der Waals surface area contributed by atoms with Gasteiger partial charge in [0.15, 0.2) is 5.82 Å². The van der Waals surface area contributed by atoms with Crippen molar-refractivity contribution in [2.24, 2.45) is 5.92 Å². The van der Waals surface area contributed by atoms with Crippen LogP contribution in [0.25, 0.3) is 0 Å². The molecule has 0 saturated carbocycles. The fraction of sp³-hybridized carbons (Fsp3) is 0.500. The Morgan fingerprint density at radius 3 is 2.91 bits per heavy atom. The molecular weight excluding hydrogens is 294 g/mol. The number of nitrogens with zero attached hydrogens (tertiary/aromatic N) is 4. The molecule has 1 aliphatic rings. The van der Waals surface area contributed by atoms with Gasteiger partial charge in [-0.3, -0.25) is 9.78 Å². The first-order valence-electron chi connectivity index (χ1n) is 7.82. The first-order chi connectivity index (χ1) is 11.1. The Bertz CT molecular complexity index is 661. The van der Waals surface area contributed by atoms with Crippen LogP contribution in [-0.4, -0.2) is 38.6 Å². The number of hydrogen-bond donors (Lipinski definition) is 1. The van der Waals surface area contributed by atoms with E-state index < -0.39 is 0 Å². The van der Waals surface area contributed by atoms with Crippen molar-refractivity contribution < 1.29 is 9.53 Å². The van der Waals surface area contributed by atoms with Crippen molar-refractivity contribution in [3.63, 3.8) is 0 Å². The maximum Gasteiger partial charge on any atom is 0.225 e.